The topological polar surface area (TPSA) is 117 Å². The zero-order chi connectivity index (χ0) is 31.6. The van der Waals surface area contributed by atoms with Gasteiger partial charge in [0.05, 0.1) is 17.7 Å². The second-order valence-corrected chi connectivity index (χ2v) is 11.2. The lowest BCUT2D eigenvalue weighted by Crippen LogP contribution is -2.30. The average Bonchev–Trinajstić information content (AvgIpc) is 3.17. The first-order valence-corrected chi connectivity index (χ1v) is 15.3. The van der Waals surface area contributed by atoms with Crippen molar-refractivity contribution < 1.29 is 28.6 Å². The lowest BCUT2D eigenvalue weighted by molar-refractivity contribution is -0.146. The number of hydrogen-bond acceptors (Lipinski definition) is 7. The number of esters is 1. The van der Waals surface area contributed by atoms with Crippen LogP contribution in [-0.4, -0.2) is 44.0 Å². The van der Waals surface area contributed by atoms with E-state index in [1.54, 1.807) is 0 Å². The molecule has 1 aliphatic rings. The van der Waals surface area contributed by atoms with Crippen molar-refractivity contribution in [2.45, 2.75) is 45.1 Å². The summed E-state index contributed by atoms with van der Waals surface area (Å²) in [6.07, 6.45) is 3.40. The molecule has 3 aromatic carbocycles. The van der Waals surface area contributed by atoms with Crippen LogP contribution in [0, 0.1) is 0 Å². The SMILES string of the molecule is C=C(CC)C(=O)c1ccc(OCC(=O)OCCCCNC(=O)COc2ccc3c(c2)CCc2ccccc2C3N)c(Cl)c1Cl. The number of carbonyl (C=O) groups is 3. The number of ketones is 1. The Morgan fingerprint density at radius 3 is 2.48 bits per heavy atom. The Labute approximate surface area is 267 Å². The van der Waals surface area contributed by atoms with E-state index < -0.39 is 5.97 Å². The van der Waals surface area contributed by atoms with Crippen molar-refractivity contribution in [3.8, 4) is 11.5 Å². The van der Waals surface area contributed by atoms with Crippen LogP contribution in [0.15, 0.2) is 66.7 Å². The number of benzene rings is 3. The van der Waals surface area contributed by atoms with Crippen molar-refractivity contribution in [3.63, 3.8) is 0 Å². The molecule has 0 fully saturated rings. The van der Waals surface area contributed by atoms with Crippen LogP contribution in [0.5, 0.6) is 11.5 Å². The summed E-state index contributed by atoms with van der Waals surface area (Å²) in [5.41, 5.74) is 11.8. The molecule has 0 saturated carbocycles. The Balaban J connectivity index is 1.11. The molecule has 1 aliphatic carbocycles. The van der Waals surface area contributed by atoms with Gasteiger partial charge in [-0.1, -0.05) is 67.0 Å². The van der Waals surface area contributed by atoms with Gasteiger partial charge in [-0.05, 0) is 84.2 Å². The third-order valence-corrected chi connectivity index (χ3v) is 8.28. The fraction of sp³-hybridized carbons (Fsp3) is 0.324. The van der Waals surface area contributed by atoms with E-state index in [4.69, 9.17) is 43.1 Å². The maximum absolute atomic E-state index is 12.3. The van der Waals surface area contributed by atoms with Crippen molar-refractivity contribution in [2.75, 3.05) is 26.4 Å². The number of fused-ring (bicyclic) bond motifs is 2. The van der Waals surface area contributed by atoms with Gasteiger partial charge in [0.15, 0.2) is 19.0 Å². The summed E-state index contributed by atoms with van der Waals surface area (Å²) in [5, 5.41) is 2.88. The molecule has 0 radical (unpaired) electrons. The first-order valence-electron chi connectivity index (χ1n) is 14.5. The van der Waals surface area contributed by atoms with E-state index in [1.807, 2.05) is 37.3 Å². The molecule has 1 unspecified atom stereocenters. The highest BCUT2D eigenvalue weighted by molar-refractivity contribution is 6.45. The van der Waals surface area contributed by atoms with Gasteiger partial charge in [0.25, 0.3) is 5.91 Å². The fourth-order valence-electron chi connectivity index (χ4n) is 4.88. The van der Waals surface area contributed by atoms with Gasteiger partial charge < -0.3 is 25.3 Å². The Hall–Kier alpha value is -3.85. The van der Waals surface area contributed by atoms with E-state index in [9.17, 15) is 14.4 Å². The minimum absolute atomic E-state index is 0.0335. The third kappa shape index (κ3) is 8.40. The van der Waals surface area contributed by atoms with Gasteiger partial charge in [0.1, 0.15) is 16.5 Å². The maximum atomic E-state index is 12.3. The Bertz CT molecular complexity index is 1540. The summed E-state index contributed by atoms with van der Waals surface area (Å²) in [5.74, 6) is -0.327. The molecule has 232 valence electrons. The van der Waals surface area contributed by atoms with Crippen molar-refractivity contribution in [3.05, 3.63) is 105 Å². The number of Topliss-reactive ketones (excluding diaryl/α,β-unsaturated/α-hetero) is 1. The lowest BCUT2D eigenvalue weighted by atomic mass is 9.95. The van der Waals surface area contributed by atoms with Crippen LogP contribution < -0.4 is 20.5 Å². The van der Waals surface area contributed by atoms with E-state index in [1.165, 1.54) is 17.7 Å². The average molecular weight is 640 g/mol. The van der Waals surface area contributed by atoms with Crippen molar-refractivity contribution >= 4 is 40.9 Å². The zero-order valence-corrected chi connectivity index (χ0v) is 26.1. The highest BCUT2D eigenvalue weighted by Crippen LogP contribution is 2.36. The molecule has 0 heterocycles. The van der Waals surface area contributed by atoms with Crippen molar-refractivity contribution in [1.29, 1.82) is 0 Å². The number of hydrogen-bond donors (Lipinski definition) is 2. The van der Waals surface area contributed by atoms with Crippen LogP contribution in [0.25, 0.3) is 0 Å². The molecule has 44 heavy (non-hydrogen) atoms. The van der Waals surface area contributed by atoms with Crippen molar-refractivity contribution in [2.24, 2.45) is 5.73 Å². The number of nitrogens with two attached hydrogens (primary N) is 1. The van der Waals surface area contributed by atoms with Gasteiger partial charge in [0.2, 0.25) is 0 Å². The molecule has 0 spiro atoms. The van der Waals surface area contributed by atoms with Crippen LogP contribution in [0.3, 0.4) is 0 Å². The first-order chi connectivity index (χ1) is 21.2. The Kier molecular flexibility index (Phi) is 11.8. The van der Waals surface area contributed by atoms with Gasteiger partial charge >= 0.3 is 5.97 Å². The van der Waals surface area contributed by atoms with Crippen LogP contribution >= 0.6 is 23.2 Å². The molecular formula is C34H36Cl2N2O6. The van der Waals surface area contributed by atoms with Crippen LogP contribution in [0.1, 0.15) is 64.8 Å². The molecule has 0 bridgehead atoms. The summed E-state index contributed by atoms with van der Waals surface area (Å²) >= 11 is 12.5. The summed E-state index contributed by atoms with van der Waals surface area (Å²) in [4.78, 5) is 36.7. The zero-order valence-electron chi connectivity index (χ0n) is 24.6. The summed E-state index contributed by atoms with van der Waals surface area (Å²) in [6.45, 7) is 5.64. The summed E-state index contributed by atoms with van der Waals surface area (Å²) < 4.78 is 16.3. The molecule has 1 amide bonds. The number of amides is 1. The summed E-state index contributed by atoms with van der Waals surface area (Å²) in [7, 11) is 0. The summed E-state index contributed by atoms with van der Waals surface area (Å²) in [6, 6.07) is 16.8. The van der Waals surface area contributed by atoms with E-state index in [0.717, 1.165) is 29.5 Å². The molecule has 1 atom stereocenters. The van der Waals surface area contributed by atoms with Crippen molar-refractivity contribution in [1.82, 2.24) is 5.32 Å². The number of unbranched alkanes of at least 4 members (excludes halogenated alkanes) is 1. The smallest absolute Gasteiger partial charge is 0.344 e. The quantitative estimate of drug-likeness (QED) is 0.0936. The molecule has 0 aromatic heterocycles. The minimum Gasteiger partial charge on any atom is -0.484 e. The van der Waals surface area contributed by atoms with E-state index >= 15 is 0 Å². The van der Waals surface area contributed by atoms with Crippen LogP contribution in [-0.2, 0) is 27.2 Å². The predicted molar refractivity (Wildman–Crippen MR) is 171 cm³/mol. The second kappa shape index (κ2) is 15.7. The molecule has 3 aromatic rings. The predicted octanol–water partition coefficient (Wildman–Crippen LogP) is 6.19. The number of aryl methyl sites for hydroxylation is 2. The number of rotatable bonds is 14. The molecule has 4 rings (SSSR count). The highest BCUT2D eigenvalue weighted by Gasteiger charge is 2.21. The standard InChI is InChI=1S/C34H36Cl2N2O6/c1-3-21(2)34(41)27-14-15-28(32(36)31(27)35)44-20-30(40)42-17-7-6-16-38-29(39)19-43-24-12-13-26-23(18-24)11-10-22-8-4-5-9-25(22)33(26)37/h4-5,8-9,12-15,18,33H,2-3,6-7,10-11,16-17,19-20,37H2,1H3,(H,38,39). The largest absolute Gasteiger partial charge is 0.484 e. The van der Waals surface area contributed by atoms with E-state index in [0.29, 0.717) is 37.1 Å². The van der Waals surface area contributed by atoms with E-state index in [-0.39, 0.29) is 58.9 Å². The fourth-order valence-corrected chi connectivity index (χ4v) is 5.34. The number of halogens is 2. The maximum Gasteiger partial charge on any atom is 0.344 e. The number of allylic oxidation sites excluding steroid dienone is 1. The lowest BCUT2D eigenvalue weighted by Gasteiger charge is -2.16. The molecule has 3 N–H and O–H groups in total. The normalized spacial score (nSPS) is 13.6. The Morgan fingerprint density at radius 1 is 0.932 bits per heavy atom. The second-order valence-electron chi connectivity index (χ2n) is 10.4. The number of nitrogens with one attached hydrogen (secondary N) is 1. The van der Waals surface area contributed by atoms with E-state index in [2.05, 4.69) is 24.0 Å². The van der Waals surface area contributed by atoms with Crippen LogP contribution in [0.4, 0.5) is 0 Å². The first kappa shape index (κ1) is 33.1. The number of ether oxygens (including phenoxy) is 3. The highest BCUT2D eigenvalue weighted by atomic mass is 35.5. The molecular weight excluding hydrogens is 603 g/mol. The van der Waals surface area contributed by atoms with Gasteiger partial charge in [-0.2, -0.15) is 0 Å². The van der Waals surface area contributed by atoms with Gasteiger partial charge in [-0.3, -0.25) is 9.59 Å². The minimum atomic E-state index is -0.584. The van der Waals surface area contributed by atoms with Gasteiger partial charge in [-0.15, -0.1) is 0 Å². The molecule has 10 heteroatoms. The monoisotopic (exact) mass is 638 g/mol. The molecule has 0 aliphatic heterocycles. The molecule has 0 saturated heterocycles. The van der Waals surface area contributed by atoms with Gasteiger partial charge in [-0.25, -0.2) is 4.79 Å². The van der Waals surface area contributed by atoms with Crippen LogP contribution in [0.2, 0.25) is 10.0 Å². The third-order valence-electron chi connectivity index (χ3n) is 7.41. The number of carbonyl (C=O) groups excluding carboxylic acids is 3. The van der Waals surface area contributed by atoms with Gasteiger partial charge in [0, 0.05) is 12.1 Å². The molecule has 8 nitrogen and oxygen atoms in total. The Morgan fingerprint density at radius 2 is 1.68 bits per heavy atom.